The number of hydrogen-bond acceptors (Lipinski definition) is 4. The van der Waals surface area contributed by atoms with Crippen molar-refractivity contribution in [2.45, 2.75) is 22.3 Å². The van der Waals surface area contributed by atoms with Crippen LogP contribution in [0, 0.1) is 0 Å². The molecular formula is C28H31ClN2O3S+2. The lowest BCUT2D eigenvalue weighted by Gasteiger charge is -2.35. The number of hydrogen-bond donors (Lipinski definition) is 2. The van der Waals surface area contributed by atoms with Gasteiger partial charge in [0.15, 0.2) is 6.61 Å². The van der Waals surface area contributed by atoms with Gasteiger partial charge in [-0.15, -0.1) is 0 Å². The second kappa shape index (κ2) is 11.5. The summed E-state index contributed by atoms with van der Waals surface area (Å²) in [5, 5.41) is 0.807. The summed E-state index contributed by atoms with van der Waals surface area (Å²) in [5.41, 5.74) is 2.78. The van der Waals surface area contributed by atoms with Gasteiger partial charge in [-0.2, -0.15) is 0 Å². The van der Waals surface area contributed by atoms with Crippen LogP contribution in [0.5, 0.6) is 5.75 Å². The molecule has 1 saturated heterocycles. The first-order valence-corrected chi connectivity index (χ1v) is 13.4. The molecule has 7 heteroatoms. The summed E-state index contributed by atoms with van der Waals surface area (Å²) in [7, 11) is 0. The monoisotopic (exact) mass is 510 g/mol. The van der Waals surface area contributed by atoms with E-state index in [1.807, 2.05) is 48.2 Å². The van der Waals surface area contributed by atoms with E-state index >= 15 is 0 Å². The molecule has 5 nitrogen and oxygen atoms in total. The first kappa shape index (κ1) is 24.2. The zero-order chi connectivity index (χ0) is 24.0. The van der Waals surface area contributed by atoms with E-state index in [1.165, 1.54) is 25.8 Å². The average Bonchev–Trinajstić information content (AvgIpc) is 3.05. The number of nitrogens with one attached hydrogen (secondary N) is 2. The van der Waals surface area contributed by atoms with E-state index in [-0.39, 0.29) is 12.6 Å². The number of rotatable bonds is 7. The van der Waals surface area contributed by atoms with Crippen molar-refractivity contribution in [1.82, 2.24) is 0 Å². The summed E-state index contributed by atoms with van der Waals surface area (Å²) in [5.74, 6) is 0.361. The quantitative estimate of drug-likeness (QED) is 0.479. The summed E-state index contributed by atoms with van der Waals surface area (Å²) in [6.45, 7) is 5.54. The van der Waals surface area contributed by atoms with Crippen LogP contribution in [0.1, 0.15) is 17.2 Å². The lowest BCUT2D eigenvalue weighted by atomic mass is 9.96. The first-order chi connectivity index (χ1) is 17.2. The number of halogens is 1. The topological polar surface area (TPSA) is 44.4 Å². The fourth-order valence-electron chi connectivity index (χ4n) is 5.01. The largest absolute Gasteiger partial charge is 0.482 e. The highest BCUT2D eigenvalue weighted by atomic mass is 35.5. The third-order valence-corrected chi connectivity index (χ3v) is 8.32. The van der Waals surface area contributed by atoms with E-state index in [2.05, 4.69) is 36.4 Å². The SMILES string of the molecule is O=C(COc1ccccc1)OCC[NH+]1CC[NH+]([C@H]2Cc3cc(Cl)ccc3Sc3ccccc32)CC1. The number of para-hydroxylation sites is 1. The first-order valence-electron chi connectivity index (χ1n) is 12.2. The maximum Gasteiger partial charge on any atom is 0.344 e. The van der Waals surface area contributed by atoms with Crippen LogP contribution in [0.2, 0.25) is 5.02 Å². The van der Waals surface area contributed by atoms with Crippen molar-refractivity contribution in [2.24, 2.45) is 0 Å². The Bertz CT molecular complexity index is 1150. The van der Waals surface area contributed by atoms with E-state index in [9.17, 15) is 4.79 Å². The Morgan fingerprint density at radius 2 is 1.71 bits per heavy atom. The molecule has 0 bridgehead atoms. The van der Waals surface area contributed by atoms with Gasteiger partial charge in [0.25, 0.3) is 0 Å². The third-order valence-electron chi connectivity index (χ3n) is 6.87. The van der Waals surface area contributed by atoms with E-state index in [0.717, 1.165) is 44.2 Å². The Morgan fingerprint density at radius 1 is 0.943 bits per heavy atom. The van der Waals surface area contributed by atoms with E-state index in [4.69, 9.17) is 21.1 Å². The van der Waals surface area contributed by atoms with Crippen LogP contribution in [0.4, 0.5) is 0 Å². The second-order valence-corrected chi connectivity index (χ2v) is 10.6. The smallest absolute Gasteiger partial charge is 0.344 e. The molecule has 2 heterocycles. The van der Waals surface area contributed by atoms with Crippen molar-refractivity contribution in [3.63, 3.8) is 0 Å². The van der Waals surface area contributed by atoms with Crippen molar-refractivity contribution >= 4 is 29.3 Å². The van der Waals surface area contributed by atoms with E-state index in [0.29, 0.717) is 18.4 Å². The Labute approximate surface area is 216 Å². The van der Waals surface area contributed by atoms with Crippen molar-refractivity contribution in [3.05, 3.63) is 88.9 Å². The lowest BCUT2D eigenvalue weighted by molar-refractivity contribution is -1.03. The Hall–Kier alpha value is -2.51. The highest BCUT2D eigenvalue weighted by molar-refractivity contribution is 7.99. The molecule has 0 unspecified atom stereocenters. The second-order valence-electron chi connectivity index (χ2n) is 9.13. The fraction of sp³-hybridized carbons (Fsp3) is 0.321. The van der Waals surface area contributed by atoms with Crippen LogP contribution in [-0.2, 0) is 16.0 Å². The van der Waals surface area contributed by atoms with Gasteiger partial charge in [-0.25, -0.2) is 4.79 Å². The van der Waals surface area contributed by atoms with E-state index < -0.39 is 0 Å². The molecule has 1 atom stereocenters. The number of carbonyl (C=O) groups is 1. The van der Waals surface area contributed by atoms with Gasteiger partial charge in [0.2, 0.25) is 0 Å². The molecule has 5 rings (SSSR count). The average molecular weight is 511 g/mol. The number of quaternary nitrogens is 2. The van der Waals surface area contributed by atoms with Gasteiger partial charge in [-0.1, -0.05) is 59.8 Å². The molecule has 0 spiro atoms. The van der Waals surface area contributed by atoms with Gasteiger partial charge in [0, 0.05) is 26.8 Å². The minimum atomic E-state index is -0.317. The van der Waals surface area contributed by atoms with Gasteiger partial charge in [-0.05, 0) is 42.0 Å². The molecule has 2 N–H and O–H groups in total. The molecule has 0 amide bonds. The third kappa shape index (κ3) is 6.19. The normalized spacial score (nSPS) is 21.3. The zero-order valence-electron chi connectivity index (χ0n) is 19.7. The Balaban J connectivity index is 1.13. The number of benzene rings is 3. The van der Waals surface area contributed by atoms with Gasteiger partial charge < -0.3 is 19.3 Å². The number of esters is 1. The standard InChI is InChI=1S/C28H29ClN2O3S/c29-22-10-11-26-21(18-22)19-25(24-8-4-5-9-27(24)35-26)31-14-12-30(13-15-31)16-17-33-28(32)20-34-23-6-2-1-3-7-23/h1-11,18,25H,12-17,19-20H2/p+2/t25-/m0/s1. The molecule has 3 aromatic carbocycles. The molecule has 0 radical (unpaired) electrons. The molecular weight excluding hydrogens is 480 g/mol. The van der Waals surface area contributed by atoms with Gasteiger partial charge in [-0.3, -0.25) is 0 Å². The highest BCUT2D eigenvalue weighted by Gasteiger charge is 2.34. The number of ether oxygens (including phenoxy) is 2. The predicted octanol–water partition coefficient (Wildman–Crippen LogP) is 2.49. The van der Waals surface area contributed by atoms with Crippen molar-refractivity contribution < 1.29 is 24.1 Å². The van der Waals surface area contributed by atoms with Crippen LogP contribution in [0.25, 0.3) is 0 Å². The summed E-state index contributed by atoms with van der Waals surface area (Å²) in [6, 6.07) is 24.9. The van der Waals surface area contributed by atoms with Crippen LogP contribution >= 0.6 is 23.4 Å². The van der Waals surface area contributed by atoms with Gasteiger partial charge in [0.05, 0.1) is 0 Å². The molecule has 35 heavy (non-hydrogen) atoms. The predicted molar refractivity (Wildman–Crippen MR) is 138 cm³/mol. The molecule has 1 fully saturated rings. The minimum absolute atomic E-state index is 0.0537. The minimum Gasteiger partial charge on any atom is -0.482 e. The van der Waals surface area contributed by atoms with Crippen molar-refractivity contribution in [2.75, 3.05) is 45.9 Å². The maximum atomic E-state index is 12.0. The number of carbonyl (C=O) groups excluding carboxylic acids is 1. The fourth-order valence-corrected chi connectivity index (χ4v) is 6.33. The molecule has 2 aliphatic rings. The summed E-state index contributed by atoms with van der Waals surface area (Å²) in [6.07, 6.45) is 1.00. The molecule has 182 valence electrons. The summed E-state index contributed by atoms with van der Waals surface area (Å²) < 4.78 is 10.9. The Morgan fingerprint density at radius 3 is 2.54 bits per heavy atom. The van der Waals surface area contributed by atoms with E-state index in [1.54, 1.807) is 4.90 Å². The zero-order valence-corrected chi connectivity index (χ0v) is 21.2. The molecule has 0 aromatic heterocycles. The summed E-state index contributed by atoms with van der Waals surface area (Å²) in [4.78, 5) is 17.8. The van der Waals surface area contributed by atoms with Crippen molar-refractivity contribution in [1.29, 1.82) is 0 Å². The molecule has 0 saturated carbocycles. The number of piperazine rings is 1. The van der Waals surface area contributed by atoms with Crippen LogP contribution < -0.4 is 14.5 Å². The molecule has 3 aromatic rings. The lowest BCUT2D eigenvalue weighted by Crippen LogP contribution is -3.28. The van der Waals surface area contributed by atoms with Gasteiger partial charge >= 0.3 is 5.97 Å². The highest BCUT2D eigenvalue weighted by Crippen LogP contribution is 2.40. The Kier molecular flexibility index (Phi) is 7.94. The van der Waals surface area contributed by atoms with Crippen molar-refractivity contribution in [3.8, 4) is 5.75 Å². The molecule has 2 aliphatic heterocycles. The van der Waals surface area contributed by atoms with Crippen LogP contribution in [-0.4, -0.2) is 51.9 Å². The van der Waals surface area contributed by atoms with Gasteiger partial charge in [0.1, 0.15) is 51.1 Å². The number of fused-ring (bicyclic) bond motifs is 2. The van der Waals surface area contributed by atoms with Crippen LogP contribution in [0.15, 0.2) is 82.6 Å². The van der Waals surface area contributed by atoms with Crippen LogP contribution in [0.3, 0.4) is 0 Å². The molecule has 0 aliphatic carbocycles. The summed E-state index contributed by atoms with van der Waals surface area (Å²) >= 11 is 8.21. The maximum absolute atomic E-state index is 12.0.